The van der Waals surface area contributed by atoms with E-state index < -0.39 is 6.17 Å². The number of anilines is 2. The summed E-state index contributed by atoms with van der Waals surface area (Å²) in [7, 11) is 3.10. The fraction of sp³-hybridized carbons (Fsp3) is 0.190. The van der Waals surface area contributed by atoms with Gasteiger partial charge in [0.1, 0.15) is 11.5 Å². The number of aryl methyl sites for hydroxylation is 1. The number of methoxy groups -OCH3 is 2. The van der Waals surface area contributed by atoms with E-state index in [0.29, 0.717) is 34.4 Å². The number of guanidine groups is 1. The van der Waals surface area contributed by atoms with Crippen molar-refractivity contribution in [1.29, 1.82) is 0 Å². The number of phenolic OH excluding ortho intramolecular Hbond substituents is 2. The Morgan fingerprint density at radius 2 is 1.87 bits per heavy atom. The normalized spacial score (nSPS) is 14.8. The van der Waals surface area contributed by atoms with Crippen molar-refractivity contribution >= 4 is 17.6 Å². The Kier molecular flexibility index (Phi) is 5.12. The summed E-state index contributed by atoms with van der Waals surface area (Å²) in [5, 5.41) is 25.8. The molecular formula is C21H21N5O5. The molecule has 0 bridgehead atoms. The second-order valence-electron chi connectivity index (χ2n) is 6.85. The van der Waals surface area contributed by atoms with E-state index in [2.05, 4.69) is 20.6 Å². The largest absolute Gasteiger partial charge is 0.504 e. The molecule has 0 fully saturated rings. The molecule has 0 radical (unpaired) electrons. The monoisotopic (exact) mass is 423 g/mol. The van der Waals surface area contributed by atoms with E-state index in [1.807, 2.05) is 0 Å². The van der Waals surface area contributed by atoms with Crippen molar-refractivity contribution in [3.8, 4) is 23.0 Å². The molecule has 0 unspecified atom stereocenters. The van der Waals surface area contributed by atoms with Gasteiger partial charge in [0.25, 0.3) is 5.56 Å². The standard InChI is InChI=1S/C21H21N5O5/c1-11-8-18(29)26-19(12-4-7-15(27)16(28)9-12)24-20(25-21(26)22-11)23-14-6-5-13(30-2)10-17(14)31-3/h4-10,19,27-28H,1-3H3,(H2,22,23,24,25)/t19-/m0/s1. The van der Waals surface area contributed by atoms with Crippen LogP contribution in [-0.2, 0) is 0 Å². The van der Waals surface area contributed by atoms with Gasteiger partial charge in [0.05, 0.1) is 19.9 Å². The first-order chi connectivity index (χ1) is 14.9. The first-order valence-corrected chi connectivity index (χ1v) is 9.35. The Balaban J connectivity index is 1.80. The van der Waals surface area contributed by atoms with Crippen molar-refractivity contribution in [1.82, 2.24) is 9.55 Å². The fourth-order valence-electron chi connectivity index (χ4n) is 3.27. The average Bonchev–Trinajstić information content (AvgIpc) is 2.75. The fourth-order valence-corrected chi connectivity index (χ4v) is 3.27. The van der Waals surface area contributed by atoms with Gasteiger partial charge in [0.15, 0.2) is 17.7 Å². The SMILES string of the molecule is COc1ccc(NC2=N[C@H](c3ccc(O)c(O)c3)n3c(nc(C)cc3=O)N2)c(OC)c1. The number of fused-ring (bicyclic) bond motifs is 1. The Hall–Kier alpha value is -4.21. The number of hydrogen-bond donors (Lipinski definition) is 4. The van der Waals surface area contributed by atoms with E-state index in [-0.39, 0.29) is 23.0 Å². The van der Waals surface area contributed by atoms with Crippen molar-refractivity contribution in [3.05, 3.63) is 64.1 Å². The number of nitrogens with one attached hydrogen (secondary N) is 2. The molecule has 31 heavy (non-hydrogen) atoms. The summed E-state index contributed by atoms with van der Waals surface area (Å²) in [6.45, 7) is 1.72. The number of hydrogen-bond acceptors (Lipinski definition) is 9. The maximum Gasteiger partial charge on any atom is 0.257 e. The van der Waals surface area contributed by atoms with Crippen LogP contribution < -0.4 is 25.7 Å². The molecule has 1 aliphatic rings. The molecule has 1 atom stereocenters. The van der Waals surface area contributed by atoms with E-state index in [1.165, 1.54) is 29.9 Å². The van der Waals surface area contributed by atoms with Gasteiger partial charge in [-0.1, -0.05) is 6.07 Å². The minimum atomic E-state index is -0.824. The number of aromatic nitrogens is 2. The molecule has 10 nitrogen and oxygen atoms in total. The third-order valence-corrected chi connectivity index (χ3v) is 4.77. The third kappa shape index (κ3) is 3.82. The number of rotatable bonds is 4. The number of aromatic hydroxyl groups is 2. The molecule has 4 N–H and O–H groups in total. The molecule has 3 aromatic rings. The number of ether oxygens (including phenoxy) is 2. The van der Waals surface area contributed by atoms with Gasteiger partial charge >= 0.3 is 0 Å². The summed E-state index contributed by atoms with van der Waals surface area (Å²) in [5.41, 5.74) is 1.34. The van der Waals surface area contributed by atoms with Crippen molar-refractivity contribution in [2.24, 2.45) is 4.99 Å². The van der Waals surface area contributed by atoms with E-state index >= 15 is 0 Å². The van der Waals surface area contributed by atoms with Gasteiger partial charge in [-0.3, -0.25) is 14.7 Å². The predicted octanol–water partition coefficient (Wildman–Crippen LogP) is 2.42. The number of nitrogens with zero attached hydrogens (tertiary/aromatic N) is 3. The molecule has 4 rings (SSSR count). The van der Waals surface area contributed by atoms with E-state index in [9.17, 15) is 15.0 Å². The molecule has 2 heterocycles. The molecule has 0 aliphatic carbocycles. The number of phenols is 2. The lowest BCUT2D eigenvalue weighted by Crippen LogP contribution is -2.37. The summed E-state index contributed by atoms with van der Waals surface area (Å²) in [6.07, 6.45) is -0.824. The van der Waals surface area contributed by atoms with Gasteiger partial charge in [0.2, 0.25) is 11.9 Å². The zero-order valence-electron chi connectivity index (χ0n) is 17.1. The predicted molar refractivity (Wildman–Crippen MR) is 115 cm³/mol. The molecule has 160 valence electrons. The minimum absolute atomic E-state index is 0.266. The zero-order valence-corrected chi connectivity index (χ0v) is 17.1. The van der Waals surface area contributed by atoms with Gasteiger partial charge in [-0.05, 0) is 31.2 Å². The average molecular weight is 423 g/mol. The molecule has 0 amide bonds. The molecule has 0 spiro atoms. The maximum absolute atomic E-state index is 12.7. The maximum atomic E-state index is 12.7. The first kappa shape index (κ1) is 20.1. The van der Waals surface area contributed by atoms with Crippen LogP contribution in [0.2, 0.25) is 0 Å². The Morgan fingerprint density at radius 1 is 1.06 bits per heavy atom. The van der Waals surface area contributed by atoms with Crippen molar-refractivity contribution < 1.29 is 19.7 Å². The van der Waals surface area contributed by atoms with E-state index in [4.69, 9.17) is 9.47 Å². The van der Waals surface area contributed by atoms with Crippen LogP contribution in [0.25, 0.3) is 0 Å². The van der Waals surface area contributed by atoms with Crippen LogP contribution in [0.5, 0.6) is 23.0 Å². The van der Waals surface area contributed by atoms with Gasteiger partial charge in [0, 0.05) is 23.4 Å². The summed E-state index contributed by atoms with van der Waals surface area (Å²) < 4.78 is 12.0. The van der Waals surface area contributed by atoms with Gasteiger partial charge in [-0.2, -0.15) is 0 Å². The number of benzene rings is 2. The summed E-state index contributed by atoms with van der Waals surface area (Å²) in [6, 6.07) is 10.9. The second-order valence-corrected chi connectivity index (χ2v) is 6.85. The van der Waals surface area contributed by atoms with Gasteiger partial charge in [-0.15, -0.1) is 0 Å². The van der Waals surface area contributed by atoms with Crippen LogP contribution in [0.1, 0.15) is 17.4 Å². The molecule has 0 saturated heterocycles. The molecule has 2 aromatic carbocycles. The van der Waals surface area contributed by atoms with Gasteiger partial charge in [-0.25, -0.2) is 9.98 Å². The van der Waals surface area contributed by atoms with Crippen LogP contribution in [-0.4, -0.2) is 39.9 Å². The van der Waals surface area contributed by atoms with Crippen LogP contribution in [0.15, 0.2) is 52.3 Å². The molecule has 10 heteroatoms. The second kappa shape index (κ2) is 7.90. The highest BCUT2D eigenvalue weighted by Gasteiger charge is 2.26. The third-order valence-electron chi connectivity index (χ3n) is 4.77. The lowest BCUT2D eigenvalue weighted by molar-refractivity contribution is 0.395. The van der Waals surface area contributed by atoms with Crippen molar-refractivity contribution in [2.75, 3.05) is 24.9 Å². The summed E-state index contributed by atoms with van der Waals surface area (Å²) in [5.74, 6) is 1.19. The lowest BCUT2D eigenvalue weighted by atomic mass is 10.1. The summed E-state index contributed by atoms with van der Waals surface area (Å²) in [4.78, 5) is 21.7. The zero-order chi connectivity index (χ0) is 22.1. The summed E-state index contributed by atoms with van der Waals surface area (Å²) >= 11 is 0. The molecular weight excluding hydrogens is 402 g/mol. The highest BCUT2D eigenvalue weighted by Crippen LogP contribution is 2.33. The molecule has 1 aromatic heterocycles. The van der Waals surface area contributed by atoms with E-state index in [0.717, 1.165) is 0 Å². The highest BCUT2D eigenvalue weighted by atomic mass is 16.5. The molecule has 1 aliphatic heterocycles. The van der Waals surface area contributed by atoms with Crippen LogP contribution in [0.3, 0.4) is 0 Å². The topological polar surface area (TPSA) is 130 Å². The molecule has 0 saturated carbocycles. The highest BCUT2D eigenvalue weighted by molar-refractivity contribution is 6.04. The lowest BCUT2D eigenvalue weighted by Gasteiger charge is -2.27. The first-order valence-electron chi connectivity index (χ1n) is 9.35. The van der Waals surface area contributed by atoms with Crippen LogP contribution >= 0.6 is 0 Å². The van der Waals surface area contributed by atoms with E-state index in [1.54, 1.807) is 38.3 Å². The Morgan fingerprint density at radius 3 is 2.58 bits per heavy atom. The smallest absolute Gasteiger partial charge is 0.257 e. The number of aliphatic imine (C=N–C) groups is 1. The van der Waals surface area contributed by atoms with Crippen molar-refractivity contribution in [2.45, 2.75) is 13.1 Å². The minimum Gasteiger partial charge on any atom is -0.504 e. The van der Waals surface area contributed by atoms with Crippen LogP contribution in [0, 0.1) is 6.92 Å². The Labute approximate surface area is 177 Å². The van der Waals surface area contributed by atoms with Crippen LogP contribution in [0.4, 0.5) is 11.6 Å². The Bertz CT molecular complexity index is 1240. The quantitative estimate of drug-likeness (QED) is 0.471. The van der Waals surface area contributed by atoms with Gasteiger partial charge < -0.3 is 25.0 Å². The van der Waals surface area contributed by atoms with Crippen molar-refractivity contribution in [3.63, 3.8) is 0 Å².